The molecule has 4 heteroatoms. The first-order valence-electron chi connectivity index (χ1n) is 10.9. The molecule has 0 heterocycles. The fraction of sp³-hybridized carbons (Fsp3) is 0.296. The maximum Gasteiger partial charge on any atom is 0.303 e. The van der Waals surface area contributed by atoms with Gasteiger partial charge in [0, 0.05) is 5.56 Å². The first-order valence-corrected chi connectivity index (χ1v) is 10.9. The number of carbonyl (C=O) groups is 1. The van der Waals surface area contributed by atoms with E-state index in [0.29, 0.717) is 13.2 Å². The second kappa shape index (κ2) is 9.69. The summed E-state index contributed by atoms with van der Waals surface area (Å²) in [6.07, 6.45) is 3.15. The fourth-order valence-corrected chi connectivity index (χ4v) is 4.34. The minimum atomic E-state index is -0.731. The average Bonchev–Trinajstić information content (AvgIpc) is 2.78. The van der Waals surface area contributed by atoms with Gasteiger partial charge in [0.1, 0.15) is 18.1 Å². The summed E-state index contributed by atoms with van der Waals surface area (Å²) in [6.45, 7) is 3.12. The van der Waals surface area contributed by atoms with Gasteiger partial charge in [-0.3, -0.25) is 4.79 Å². The van der Waals surface area contributed by atoms with Crippen molar-refractivity contribution in [2.24, 2.45) is 0 Å². The number of ether oxygens (including phenoxy) is 2. The van der Waals surface area contributed by atoms with Crippen molar-refractivity contribution in [3.8, 4) is 22.6 Å². The van der Waals surface area contributed by atoms with Crippen molar-refractivity contribution in [2.75, 3.05) is 6.61 Å². The molecule has 1 unspecified atom stereocenters. The van der Waals surface area contributed by atoms with E-state index in [-0.39, 0.29) is 12.3 Å². The van der Waals surface area contributed by atoms with Crippen LogP contribution < -0.4 is 9.47 Å². The molecule has 0 aliphatic heterocycles. The van der Waals surface area contributed by atoms with Gasteiger partial charge >= 0.3 is 5.97 Å². The number of rotatable bonds is 8. The molecular weight excluding hydrogens is 388 g/mol. The van der Waals surface area contributed by atoms with Crippen molar-refractivity contribution in [2.45, 2.75) is 45.1 Å². The average molecular weight is 417 g/mol. The first-order chi connectivity index (χ1) is 15.1. The highest BCUT2D eigenvalue weighted by Gasteiger charge is 2.22. The van der Waals surface area contributed by atoms with Crippen LogP contribution in [0.25, 0.3) is 11.1 Å². The molecule has 1 aliphatic rings. The summed E-state index contributed by atoms with van der Waals surface area (Å²) in [5.41, 5.74) is 5.68. The highest BCUT2D eigenvalue weighted by molar-refractivity contribution is 5.70. The molecule has 160 valence electrons. The van der Waals surface area contributed by atoms with Crippen LogP contribution in [0.4, 0.5) is 0 Å². The van der Waals surface area contributed by atoms with Gasteiger partial charge in [0.05, 0.1) is 13.0 Å². The van der Waals surface area contributed by atoms with Crippen molar-refractivity contribution in [1.29, 1.82) is 0 Å². The summed E-state index contributed by atoms with van der Waals surface area (Å²) in [5.74, 6) is 1.11. The Balaban J connectivity index is 1.43. The molecular formula is C27H28O4. The van der Waals surface area contributed by atoms with Crippen LogP contribution in [0.2, 0.25) is 0 Å². The van der Waals surface area contributed by atoms with Crippen LogP contribution in [0.15, 0.2) is 66.7 Å². The zero-order valence-corrected chi connectivity index (χ0v) is 17.8. The van der Waals surface area contributed by atoms with Gasteiger partial charge in [-0.1, -0.05) is 48.5 Å². The molecule has 4 nitrogen and oxygen atoms in total. The Hall–Kier alpha value is -3.27. The number of aliphatic carboxylic acids is 1. The molecule has 0 radical (unpaired) electrons. The molecule has 0 bridgehead atoms. The van der Waals surface area contributed by atoms with Crippen molar-refractivity contribution < 1.29 is 19.4 Å². The molecule has 1 atom stereocenters. The predicted molar refractivity (Wildman–Crippen MR) is 122 cm³/mol. The van der Waals surface area contributed by atoms with E-state index in [4.69, 9.17) is 14.6 Å². The monoisotopic (exact) mass is 416 g/mol. The molecule has 3 aromatic carbocycles. The van der Waals surface area contributed by atoms with E-state index in [1.54, 1.807) is 0 Å². The van der Waals surface area contributed by atoms with E-state index in [1.165, 1.54) is 11.1 Å². The van der Waals surface area contributed by atoms with Crippen molar-refractivity contribution >= 4 is 5.97 Å². The second-order valence-corrected chi connectivity index (χ2v) is 7.96. The molecule has 1 aliphatic carbocycles. The Morgan fingerprint density at radius 2 is 1.84 bits per heavy atom. The van der Waals surface area contributed by atoms with Gasteiger partial charge in [-0.25, -0.2) is 0 Å². The lowest BCUT2D eigenvalue weighted by molar-refractivity contribution is -0.137. The van der Waals surface area contributed by atoms with Crippen molar-refractivity contribution in [3.05, 3.63) is 83.4 Å². The Bertz CT molecular complexity index is 1040. The summed E-state index contributed by atoms with van der Waals surface area (Å²) in [4.78, 5) is 11.1. The van der Waals surface area contributed by atoms with Gasteiger partial charge in [-0.15, -0.1) is 0 Å². The van der Waals surface area contributed by atoms with Crippen LogP contribution in [-0.4, -0.2) is 17.7 Å². The highest BCUT2D eigenvalue weighted by atomic mass is 16.5. The number of fused-ring (bicyclic) bond motifs is 1. The third-order valence-corrected chi connectivity index (χ3v) is 5.83. The molecule has 0 spiro atoms. The van der Waals surface area contributed by atoms with Gasteiger partial charge in [0.2, 0.25) is 0 Å². The standard InChI is InChI=1S/C27H28O4/c1-2-30-26-9-4-3-8-25(26)20-12-10-19(11-13-20)18-31-23-14-15-24-21(16-23)6-5-7-22(24)17-27(28)29/h3-4,8-16,22H,2,5-7,17-18H2,1H3,(H,28,29). The molecule has 0 saturated carbocycles. The number of carboxylic acids is 1. The van der Waals surface area contributed by atoms with Gasteiger partial charge in [-0.2, -0.15) is 0 Å². The number of hydrogen-bond acceptors (Lipinski definition) is 3. The maximum absolute atomic E-state index is 11.1. The smallest absolute Gasteiger partial charge is 0.303 e. The Kier molecular flexibility index (Phi) is 6.56. The minimum absolute atomic E-state index is 0.113. The normalized spacial score (nSPS) is 15.2. The van der Waals surface area contributed by atoms with E-state index in [1.807, 2.05) is 37.3 Å². The van der Waals surface area contributed by atoms with Gasteiger partial charge < -0.3 is 14.6 Å². The Morgan fingerprint density at radius 1 is 1.03 bits per heavy atom. The van der Waals surface area contributed by atoms with E-state index in [2.05, 4.69) is 36.4 Å². The lowest BCUT2D eigenvalue weighted by Gasteiger charge is -2.24. The van der Waals surface area contributed by atoms with Crippen LogP contribution in [0.1, 0.15) is 48.8 Å². The van der Waals surface area contributed by atoms with E-state index >= 15 is 0 Å². The number of hydrogen-bond donors (Lipinski definition) is 1. The largest absolute Gasteiger partial charge is 0.493 e. The fourth-order valence-electron chi connectivity index (χ4n) is 4.34. The van der Waals surface area contributed by atoms with E-state index in [0.717, 1.165) is 47.5 Å². The summed E-state index contributed by atoms with van der Waals surface area (Å²) in [7, 11) is 0. The molecule has 0 amide bonds. The topological polar surface area (TPSA) is 55.8 Å². The summed E-state index contributed by atoms with van der Waals surface area (Å²) >= 11 is 0. The third kappa shape index (κ3) is 5.08. The molecule has 0 fully saturated rings. The minimum Gasteiger partial charge on any atom is -0.493 e. The Labute approximate surface area is 183 Å². The highest BCUT2D eigenvalue weighted by Crippen LogP contribution is 2.36. The molecule has 4 rings (SSSR count). The number of aryl methyl sites for hydroxylation is 1. The lowest BCUT2D eigenvalue weighted by atomic mass is 9.81. The zero-order chi connectivity index (χ0) is 21.6. The summed E-state index contributed by atoms with van der Waals surface area (Å²) in [6, 6.07) is 22.5. The van der Waals surface area contributed by atoms with Crippen LogP contribution in [0.3, 0.4) is 0 Å². The molecule has 0 aromatic heterocycles. The quantitative estimate of drug-likeness (QED) is 0.473. The lowest BCUT2D eigenvalue weighted by Crippen LogP contribution is -2.13. The van der Waals surface area contributed by atoms with Crippen LogP contribution >= 0.6 is 0 Å². The van der Waals surface area contributed by atoms with Gasteiger partial charge in [0.25, 0.3) is 0 Å². The van der Waals surface area contributed by atoms with Crippen molar-refractivity contribution in [3.63, 3.8) is 0 Å². The van der Waals surface area contributed by atoms with Crippen molar-refractivity contribution in [1.82, 2.24) is 0 Å². The molecule has 31 heavy (non-hydrogen) atoms. The second-order valence-electron chi connectivity index (χ2n) is 7.96. The van der Waals surface area contributed by atoms with Gasteiger partial charge in [0.15, 0.2) is 0 Å². The van der Waals surface area contributed by atoms with Crippen LogP contribution in [-0.2, 0) is 17.8 Å². The van der Waals surface area contributed by atoms with E-state index in [9.17, 15) is 4.79 Å². The zero-order valence-electron chi connectivity index (χ0n) is 17.8. The SMILES string of the molecule is CCOc1ccccc1-c1ccc(COc2ccc3c(c2)CCCC3CC(=O)O)cc1. The predicted octanol–water partition coefficient (Wildman–Crippen LogP) is 6.23. The molecule has 1 N–H and O–H groups in total. The molecule has 3 aromatic rings. The summed E-state index contributed by atoms with van der Waals surface area (Å²) < 4.78 is 11.8. The van der Waals surface area contributed by atoms with Gasteiger partial charge in [-0.05, 0) is 72.6 Å². The van der Waals surface area contributed by atoms with Crippen LogP contribution in [0.5, 0.6) is 11.5 Å². The third-order valence-electron chi connectivity index (χ3n) is 5.83. The maximum atomic E-state index is 11.1. The molecule has 0 saturated heterocycles. The van der Waals surface area contributed by atoms with E-state index < -0.39 is 5.97 Å². The summed E-state index contributed by atoms with van der Waals surface area (Å²) in [5, 5.41) is 9.16. The number of benzene rings is 3. The first kappa shape index (κ1) is 21.0. The number of para-hydroxylation sites is 1. The number of carboxylic acid groups (broad SMARTS) is 1. The Morgan fingerprint density at radius 3 is 2.61 bits per heavy atom. The van der Waals surface area contributed by atoms with Crippen LogP contribution in [0, 0.1) is 0 Å².